The smallest absolute Gasteiger partial charge is 0.291 e. The van der Waals surface area contributed by atoms with Gasteiger partial charge in [-0.2, -0.15) is 0 Å². The van der Waals surface area contributed by atoms with Gasteiger partial charge in [-0.15, -0.1) is 0 Å². The molecule has 0 aliphatic carbocycles. The van der Waals surface area contributed by atoms with E-state index in [4.69, 9.17) is 4.74 Å². The topological polar surface area (TPSA) is 58.6 Å². The van der Waals surface area contributed by atoms with E-state index in [1.54, 1.807) is 35.5 Å². The second-order valence-corrected chi connectivity index (χ2v) is 7.30. The number of nitrogens with zero attached hydrogens (tertiary/aromatic N) is 4. The van der Waals surface area contributed by atoms with Crippen LogP contribution in [0.15, 0.2) is 42.7 Å². The normalized spacial score (nSPS) is 21.4. The van der Waals surface area contributed by atoms with E-state index in [0.29, 0.717) is 19.7 Å². The van der Waals surface area contributed by atoms with Gasteiger partial charge in [0.2, 0.25) is 5.82 Å². The third kappa shape index (κ3) is 3.64. The van der Waals surface area contributed by atoms with E-state index in [-0.39, 0.29) is 29.2 Å². The monoisotopic (exact) mass is 370 g/mol. The number of aromatic nitrogens is 2. The highest BCUT2D eigenvalue weighted by atomic mass is 19.1. The summed E-state index contributed by atoms with van der Waals surface area (Å²) in [5, 5.41) is 0. The van der Waals surface area contributed by atoms with E-state index in [1.807, 2.05) is 7.05 Å². The first-order chi connectivity index (χ1) is 13.1. The summed E-state index contributed by atoms with van der Waals surface area (Å²) in [5.41, 5.74) is 0.795. The van der Waals surface area contributed by atoms with Gasteiger partial charge < -0.3 is 14.5 Å². The molecule has 27 heavy (non-hydrogen) atoms. The van der Waals surface area contributed by atoms with Gasteiger partial charge in [0.25, 0.3) is 5.91 Å². The molecule has 1 aromatic carbocycles. The number of hydrogen-bond donors (Lipinski definition) is 0. The Morgan fingerprint density at radius 1 is 1.22 bits per heavy atom. The van der Waals surface area contributed by atoms with Crippen LogP contribution in [0.2, 0.25) is 0 Å². The average Bonchev–Trinajstić information content (AvgIpc) is 3.12. The Morgan fingerprint density at radius 2 is 1.89 bits per heavy atom. The van der Waals surface area contributed by atoms with E-state index in [1.165, 1.54) is 12.1 Å². The van der Waals surface area contributed by atoms with Crippen molar-refractivity contribution in [3.63, 3.8) is 0 Å². The first-order valence-electron chi connectivity index (χ1n) is 9.25. The molecule has 6 nitrogen and oxygen atoms in total. The number of ether oxygens (including phenoxy) is 1. The second-order valence-electron chi connectivity index (χ2n) is 7.30. The van der Waals surface area contributed by atoms with Crippen LogP contribution in [0.3, 0.4) is 0 Å². The van der Waals surface area contributed by atoms with Crippen LogP contribution in [0.4, 0.5) is 10.1 Å². The van der Waals surface area contributed by atoms with Crippen molar-refractivity contribution in [2.75, 3.05) is 31.6 Å². The number of likely N-dealkylation sites (tertiary alicyclic amines) is 1. The lowest BCUT2D eigenvalue weighted by molar-refractivity contribution is -0.0390. The van der Waals surface area contributed by atoms with Crippen molar-refractivity contribution in [3.05, 3.63) is 54.4 Å². The van der Waals surface area contributed by atoms with Crippen LogP contribution in [-0.4, -0.2) is 59.2 Å². The maximum absolute atomic E-state index is 13.2. The molecule has 1 aromatic heterocycles. The SMILES string of the molecule is CN(c1ccc(F)cc1)[C@H]1COC2(CCN(C(=O)c3ncccn3)CC2)C1. The van der Waals surface area contributed by atoms with E-state index < -0.39 is 0 Å². The van der Waals surface area contributed by atoms with Gasteiger partial charge >= 0.3 is 0 Å². The first-order valence-corrected chi connectivity index (χ1v) is 9.25. The van der Waals surface area contributed by atoms with Gasteiger partial charge in [0, 0.05) is 38.2 Å². The zero-order valence-electron chi connectivity index (χ0n) is 15.3. The van der Waals surface area contributed by atoms with Gasteiger partial charge in [-0.25, -0.2) is 14.4 Å². The first kappa shape index (κ1) is 17.9. The zero-order valence-corrected chi connectivity index (χ0v) is 15.3. The molecule has 3 heterocycles. The van der Waals surface area contributed by atoms with Crippen molar-refractivity contribution in [1.82, 2.24) is 14.9 Å². The fourth-order valence-corrected chi connectivity index (χ4v) is 3.97. The largest absolute Gasteiger partial charge is 0.373 e. The molecule has 2 fully saturated rings. The fourth-order valence-electron chi connectivity index (χ4n) is 3.97. The van der Waals surface area contributed by atoms with Gasteiger partial charge in [-0.1, -0.05) is 0 Å². The van der Waals surface area contributed by atoms with Crippen LogP contribution in [0, 0.1) is 5.82 Å². The highest BCUT2D eigenvalue weighted by Gasteiger charge is 2.44. The number of hydrogen-bond acceptors (Lipinski definition) is 5. The van der Waals surface area contributed by atoms with E-state index in [0.717, 1.165) is 24.9 Å². The summed E-state index contributed by atoms with van der Waals surface area (Å²) in [6.45, 7) is 1.93. The highest BCUT2D eigenvalue weighted by Crippen LogP contribution is 2.38. The molecular weight excluding hydrogens is 347 g/mol. The number of rotatable bonds is 3. The predicted octanol–water partition coefficient (Wildman–Crippen LogP) is 2.52. The van der Waals surface area contributed by atoms with Crippen LogP contribution in [0.5, 0.6) is 0 Å². The molecule has 2 aliphatic rings. The molecule has 0 N–H and O–H groups in total. The number of likely N-dealkylation sites (N-methyl/N-ethyl adjacent to an activating group) is 1. The lowest BCUT2D eigenvalue weighted by Gasteiger charge is -2.38. The Bertz CT molecular complexity index is 791. The molecule has 0 saturated carbocycles. The molecule has 142 valence electrons. The second kappa shape index (κ2) is 7.23. The van der Waals surface area contributed by atoms with E-state index in [2.05, 4.69) is 14.9 Å². The number of anilines is 1. The predicted molar refractivity (Wildman–Crippen MR) is 99.1 cm³/mol. The van der Waals surface area contributed by atoms with E-state index >= 15 is 0 Å². The summed E-state index contributed by atoms with van der Waals surface area (Å²) in [6.07, 6.45) is 5.69. The van der Waals surface area contributed by atoms with E-state index in [9.17, 15) is 9.18 Å². The zero-order chi connectivity index (χ0) is 18.9. The summed E-state index contributed by atoms with van der Waals surface area (Å²) in [6, 6.07) is 8.49. The summed E-state index contributed by atoms with van der Waals surface area (Å²) in [7, 11) is 2.02. The van der Waals surface area contributed by atoms with Crippen molar-refractivity contribution in [2.24, 2.45) is 0 Å². The summed E-state index contributed by atoms with van der Waals surface area (Å²) < 4.78 is 19.4. The van der Waals surface area contributed by atoms with Crippen molar-refractivity contribution in [1.29, 1.82) is 0 Å². The maximum atomic E-state index is 13.2. The van der Waals surface area contributed by atoms with Crippen LogP contribution in [-0.2, 0) is 4.74 Å². The van der Waals surface area contributed by atoms with Crippen molar-refractivity contribution in [3.8, 4) is 0 Å². The molecule has 2 saturated heterocycles. The molecule has 2 aliphatic heterocycles. The van der Waals surface area contributed by atoms with Crippen LogP contribution in [0.25, 0.3) is 0 Å². The molecule has 0 bridgehead atoms. The Labute approximate surface area is 158 Å². The molecule has 2 aromatic rings. The highest BCUT2D eigenvalue weighted by molar-refractivity contribution is 5.90. The molecule has 0 unspecified atom stereocenters. The minimum absolute atomic E-state index is 0.122. The van der Waals surface area contributed by atoms with Crippen LogP contribution < -0.4 is 4.90 Å². The van der Waals surface area contributed by atoms with Gasteiger partial charge in [-0.05, 0) is 49.6 Å². The molecule has 0 radical (unpaired) electrons. The number of carbonyl (C=O) groups is 1. The van der Waals surface area contributed by atoms with Gasteiger partial charge in [0.1, 0.15) is 5.82 Å². The van der Waals surface area contributed by atoms with Crippen LogP contribution >= 0.6 is 0 Å². The molecular formula is C20H23FN4O2. The fraction of sp³-hybridized carbons (Fsp3) is 0.450. The Hall–Kier alpha value is -2.54. The lowest BCUT2D eigenvalue weighted by Crippen LogP contribution is -2.47. The van der Waals surface area contributed by atoms with Gasteiger partial charge in [0.05, 0.1) is 18.2 Å². The summed E-state index contributed by atoms with van der Waals surface area (Å²) in [4.78, 5) is 24.6. The third-order valence-corrected chi connectivity index (χ3v) is 5.69. The summed E-state index contributed by atoms with van der Waals surface area (Å²) >= 11 is 0. The Balaban J connectivity index is 1.36. The molecule has 1 spiro atoms. The number of carbonyl (C=O) groups excluding carboxylic acids is 1. The van der Waals surface area contributed by atoms with Crippen molar-refractivity contribution >= 4 is 11.6 Å². The summed E-state index contributed by atoms with van der Waals surface area (Å²) in [5.74, 6) is -0.108. The number of amides is 1. The lowest BCUT2D eigenvalue weighted by atomic mass is 9.87. The molecule has 7 heteroatoms. The van der Waals surface area contributed by atoms with Gasteiger partial charge in [-0.3, -0.25) is 4.79 Å². The quantitative estimate of drug-likeness (QED) is 0.831. The minimum Gasteiger partial charge on any atom is -0.373 e. The number of halogens is 1. The number of piperidine rings is 1. The average molecular weight is 370 g/mol. The van der Waals surface area contributed by atoms with Crippen molar-refractivity contribution in [2.45, 2.75) is 30.9 Å². The maximum Gasteiger partial charge on any atom is 0.291 e. The van der Waals surface area contributed by atoms with Crippen LogP contribution in [0.1, 0.15) is 29.9 Å². The van der Waals surface area contributed by atoms with Crippen molar-refractivity contribution < 1.29 is 13.9 Å². The Kier molecular flexibility index (Phi) is 4.78. The standard InChI is InChI=1S/C20H23FN4O2/c1-24(16-5-3-15(21)4-6-16)17-13-20(27-14-17)7-11-25(12-8-20)19(26)18-22-9-2-10-23-18/h2-6,9-10,17H,7-8,11-14H2,1H3/t17-/m1/s1. The molecule has 1 amide bonds. The molecule has 1 atom stereocenters. The Morgan fingerprint density at radius 3 is 2.56 bits per heavy atom. The number of benzene rings is 1. The molecule has 4 rings (SSSR count). The van der Waals surface area contributed by atoms with Gasteiger partial charge in [0.15, 0.2) is 0 Å². The minimum atomic E-state index is -0.231. The third-order valence-electron chi connectivity index (χ3n) is 5.69.